The van der Waals surface area contributed by atoms with Gasteiger partial charge in [0, 0.05) is 12.3 Å². The minimum Gasteiger partial charge on any atom is -0.350 e. The van der Waals surface area contributed by atoms with Gasteiger partial charge in [-0.25, -0.2) is 14.9 Å². The molecule has 0 radical (unpaired) electrons. The van der Waals surface area contributed by atoms with Crippen molar-refractivity contribution in [2.75, 3.05) is 5.43 Å². The van der Waals surface area contributed by atoms with Crippen molar-refractivity contribution >= 4 is 6.03 Å². The molecule has 0 unspecified atom stereocenters. The molecule has 0 aromatic carbocycles. The van der Waals surface area contributed by atoms with Crippen LogP contribution in [0.15, 0.2) is 23.4 Å². The lowest BCUT2D eigenvalue weighted by atomic mass is 10.7. The van der Waals surface area contributed by atoms with Crippen LogP contribution in [0, 0.1) is 0 Å². The van der Waals surface area contributed by atoms with Crippen LogP contribution in [0.1, 0.15) is 0 Å². The van der Waals surface area contributed by atoms with Gasteiger partial charge in [0.05, 0.1) is 0 Å². The second-order valence-corrected chi connectivity index (χ2v) is 1.78. The van der Waals surface area contributed by atoms with Crippen LogP contribution in [0.4, 0.5) is 4.79 Å². The number of urea groups is 1. The number of rotatable bonds is 1. The molecule has 2 amide bonds. The summed E-state index contributed by atoms with van der Waals surface area (Å²) in [6.45, 7) is 0. The average Bonchev–Trinajstić information content (AvgIpc) is 1.93. The summed E-state index contributed by atoms with van der Waals surface area (Å²) in [4.78, 5) is 24.0. The van der Waals surface area contributed by atoms with Gasteiger partial charge in [-0.15, -0.1) is 0 Å². The van der Waals surface area contributed by atoms with Gasteiger partial charge in [-0.3, -0.25) is 4.79 Å². The summed E-state index contributed by atoms with van der Waals surface area (Å²) in [6.07, 6.45) is 2.51. The van der Waals surface area contributed by atoms with Gasteiger partial charge in [0.15, 0.2) is 0 Å². The standard InChI is InChI=1S/C5H6N4O2/c6-5(11)8-9-2-1-4(10)7-3-9/h1-3H,(H3,6,8,11). The maximum Gasteiger partial charge on any atom is 0.331 e. The first-order valence-electron chi connectivity index (χ1n) is 2.79. The molecular weight excluding hydrogens is 148 g/mol. The van der Waals surface area contributed by atoms with Crippen LogP contribution in [-0.4, -0.2) is 15.7 Å². The van der Waals surface area contributed by atoms with Crippen molar-refractivity contribution < 1.29 is 4.79 Å². The van der Waals surface area contributed by atoms with E-state index in [4.69, 9.17) is 5.73 Å². The molecule has 11 heavy (non-hydrogen) atoms. The van der Waals surface area contributed by atoms with Crippen molar-refractivity contribution in [2.24, 2.45) is 5.73 Å². The first-order chi connectivity index (χ1) is 5.18. The van der Waals surface area contributed by atoms with Crippen LogP contribution < -0.4 is 16.7 Å². The molecular formula is C5H6N4O2. The number of amides is 2. The Morgan fingerprint density at radius 1 is 1.73 bits per heavy atom. The largest absolute Gasteiger partial charge is 0.350 e. The van der Waals surface area contributed by atoms with Crippen LogP contribution in [-0.2, 0) is 0 Å². The van der Waals surface area contributed by atoms with E-state index >= 15 is 0 Å². The Morgan fingerprint density at radius 3 is 2.91 bits per heavy atom. The van der Waals surface area contributed by atoms with E-state index in [9.17, 15) is 9.59 Å². The van der Waals surface area contributed by atoms with E-state index < -0.39 is 6.03 Å². The van der Waals surface area contributed by atoms with Crippen molar-refractivity contribution in [1.29, 1.82) is 0 Å². The molecule has 1 aromatic rings. The molecule has 3 N–H and O–H groups in total. The number of carbonyl (C=O) groups excluding carboxylic acids is 1. The first kappa shape index (κ1) is 7.26. The number of primary amides is 1. The van der Waals surface area contributed by atoms with Gasteiger partial charge >= 0.3 is 6.03 Å². The summed E-state index contributed by atoms with van der Waals surface area (Å²) in [5, 5.41) is 0. The lowest BCUT2D eigenvalue weighted by Crippen LogP contribution is -2.29. The second-order valence-electron chi connectivity index (χ2n) is 1.78. The Hall–Kier alpha value is -1.85. The predicted octanol–water partition coefficient (Wildman–Crippen LogP) is -1.13. The summed E-state index contributed by atoms with van der Waals surface area (Å²) in [5.41, 5.74) is 6.60. The van der Waals surface area contributed by atoms with E-state index in [2.05, 4.69) is 10.4 Å². The minimum absolute atomic E-state index is 0.368. The van der Waals surface area contributed by atoms with E-state index in [1.54, 1.807) is 0 Å². The molecule has 1 heterocycles. The molecule has 0 saturated carbocycles. The van der Waals surface area contributed by atoms with E-state index in [0.717, 1.165) is 6.33 Å². The molecule has 0 aliphatic heterocycles. The maximum atomic E-state index is 10.4. The van der Waals surface area contributed by atoms with Gasteiger partial charge < -0.3 is 5.73 Å². The fraction of sp³-hybridized carbons (Fsp3) is 0. The highest BCUT2D eigenvalue weighted by Crippen LogP contribution is 1.73. The van der Waals surface area contributed by atoms with E-state index in [0.29, 0.717) is 0 Å². The van der Waals surface area contributed by atoms with Crippen LogP contribution in [0.25, 0.3) is 0 Å². The third-order valence-corrected chi connectivity index (χ3v) is 0.926. The van der Waals surface area contributed by atoms with E-state index in [1.807, 2.05) is 0 Å². The molecule has 6 heteroatoms. The first-order valence-corrected chi connectivity index (χ1v) is 2.79. The summed E-state index contributed by atoms with van der Waals surface area (Å²) in [6, 6.07) is 0.492. The van der Waals surface area contributed by atoms with Crippen molar-refractivity contribution in [3.63, 3.8) is 0 Å². The fourth-order valence-corrected chi connectivity index (χ4v) is 0.538. The molecule has 0 atom stereocenters. The number of carbonyl (C=O) groups is 1. The third-order valence-electron chi connectivity index (χ3n) is 0.926. The molecule has 1 rings (SSSR count). The lowest BCUT2D eigenvalue weighted by Gasteiger charge is -2.02. The summed E-state index contributed by atoms with van der Waals surface area (Å²) < 4.78 is 1.18. The Bertz CT molecular complexity index is 298. The topological polar surface area (TPSA) is 90.0 Å². The highest BCUT2D eigenvalue weighted by Gasteiger charge is 1.90. The zero-order valence-electron chi connectivity index (χ0n) is 5.52. The molecule has 0 spiro atoms. The molecule has 0 bridgehead atoms. The molecule has 6 nitrogen and oxygen atoms in total. The highest BCUT2D eigenvalue weighted by molar-refractivity contribution is 5.79. The molecule has 0 saturated heterocycles. The quantitative estimate of drug-likeness (QED) is 0.536. The lowest BCUT2D eigenvalue weighted by molar-refractivity contribution is 0.257. The summed E-state index contributed by atoms with van der Waals surface area (Å²) in [7, 11) is 0. The molecule has 0 aliphatic rings. The predicted molar refractivity (Wildman–Crippen MR) is 37.4 cm³/mol. The fourth-order valence-electron chi connectivity index (χ4n) is 0.538. The van der Waals surface area contributed by atoms with E-state index in [1.165, 1.54) is 16.9 Å². The zero-order chi connectivity index (χ0) is 8.27. The van der Waals surface area contributed by atoms with Crippen LogP contribution in [0.5, 0.6) is 0 Å². The van der Waals surface area contributed by atoms with Crippen molar-refractivity contribution in [2.45, 2.75) is 0 Å². The van der Waals surface area contributed by atoms with Gasteiger partial charge in [0.1, 0.15) is 6.33 Å². The number of hydrogen-bond donors (Lipinski definition) is 2. The number of aromatic nitrogens is 2. The van der Waals surface area contributed by atoms with Crippen LogP contribution in [0.3, 0.4) is 0 Å². The number of nitrogens with zero attached hydrogens (tertiary/aromatic N) is 2. The molecule has 58 valence electrons. The van der Waals surface area contributed by atoms with Crippen molar-refractivity contribution in [1.82, 2.24) is 9.66 Å². The van der Waals surface area contributed by atoms with Gasteiger partial charge in [-0.2, -0.15) is 4.98 Å². The summed E-state index contributed by atoms with van der Waals surface area (Å²) in [5.74, 6) is 0. The molecule has 0 aliphatic carbocycles. The third kappa shape index (κ3) is 2.09. The molecule has 0 fully saturated rings. The second kappa shape index (κ2) is 2.82. The Kier molecular flexibility index (Phi) is 1.86. The Balaban J connectivity index is 2.82. The van der Waals surface area contributed by atoms with Gasteiger partial charge in [0.25, 0.3) is 5.56 Å². The normalized spacial score (nSPS) is 9.09. The SMILES string of the molecule is NC(=O)Nn1ccc(=O)nc1. The average molecular weight is 154 g/mol. The van der Waals surface area contributed by atoms with Crippen molar-refractivity contribution in [3.05, 3.63) is 28.9 Å². The Morgan fingerprint density at radius 2 is 2.45 bits per heavy atom. The number of nitrogens with two attached hydrogens (primary N) is 1. The van der Waals surface area contributed by atoms with Gasteiger partial charge in [-0.05, 0) is 0 Å². The monoisotopic (exact) mass is 154 g/mol. The number of nitrogens with one attached hydrogen (secondary N) is 1. The minimum atomic E-state index is -0.713. The Labute approximate surface area is 61.6 Å². The highest BCUT2D eigenvalue weighted by atomic mass is 16.2. The van der Waals surface area contributed by atoms with Crippen LogP contribution >= 0.6 is 0 Å². The zero-order valence-corrected chi connectivity index (χ0v) is 5.52. The number of hydrogen-bond acceptors (Lipinski definition) is 3. The van der Waals surface area contributed by atoms with Crippen molar-refractivity contribution in [3.8, 4) is 0 Å². The van der Waals surface area contributed by atoms with Gasteiger partial charge in [0.2, 0.25) is 0 Å². The summed E-state index contributed by atoms with van der Waals surface area (Å²) >= 11 is 0. The maximum absolute atomic E-state index is 10.4. The van der Waals surface area contributed by atoms with Crippen LogP contribution in [0.2, 0.25) is 0 Å². The van der Waals surface area contributed by atoms with Gasteiger partial charge in [-0.1, -0.05) is 0 Å². The smallest absolute Gasteiger partial charge is 0.331 e. The van der Waals surface area contributed by atoms with E-state index in [-0.39, 0.29) is 5.56 Å². The molecule has 1 aromatic heterocycles.